The summed E-state index contributed by atoms with van der Waals surface area (Å²) >= 11 is 0. The first-order valence-electron chi connectivity index (χ1n) is 15.3. The summed E-state index contributed by atoms with van der Waals surface area (Å²) in [4.78, 5) is 10.3. The number of furan rings is 1. The predicted molar refractivity (Wildman–Crippen MR) is 179 cm³/mol. The molecule has 0 unspecified atom stereocenters. The van der Waals surface area contributed by atoms with Gasteiger partial charge in [-0.15, -0.1) is 0 Å². The summed E-state index contributed by atoms with van der Waals surface area (Å²) in [5.74, 6) is 1.75. The van der Waals surface area contributed by atoms with Crippen LogP contribution < -0.4 is 0 Å². The maximum absolute atomic E-state index is 6.55. The maximum Gasteiger partial charge on any atom is 0.149 e. The molecule has 0 atom stereocenters. The molecule has 0 N–H and O–H groups in total. The Labute approximate surface area is 253 Å². The topological polar surface area (TPSA) is 43.9 Å². The molecule has 3 aromatic heterocycles. The minimum absolute atomic E-state index is 0.284. The smallest absolute Gasteiger partial charge is 0.149 e. The molecule has 4 heteroatoms. The Morgan fingerprint density at radius 3 is 2.02 bits per heavy atom. The van der Waals surface area contributed by atoms with Crippen molar-refractivity contribution in [1.29, 1.82) is 0 Å². The first kappa shape index (κ1) is 27.2. The molecule has 0 saturated heterocycles. The van der Waals surface area contributed by atoms with E-state index in [2.05, 4.69) is 125 Å². The minimum atomic E-state index is 0.284. The molecule has 0 fully saturated rings. The Morgan fingerprint density at radius 1 is 0.651 bits per heavy atom. The SMILES string of the molecule is CC(C)c1cc2nc(-c3cccc4c3oc3ccccc34)n(-c3c(C(C)C)cc(-c4ccccc4)cc3C(C)C)c2cn1. The lowest BCUT2D eigenvalue weighted by atomic mass is 9.88. The molecule has 0 radical (unpaired) electrons. The van der Waals surface area contributed by atoms with Gasteiger partial charge in [0.1, 0.15) is 17.0 Å². The van der Waals surface area contributed by atoms with Crippen molar-refractivity contribution in [3.8, 4) is 28.2 Å². The van der Waals surface area contributed by atoms with Crippen molar-refractivity contribution in [3.63, 3.8) is 0 Å². The third kappa shape index (κ3) is 4.53. The number of fused-ring (bicyclic) bond motifs is 4. The summed E-state index contributed by atoms with van der Waals surface area (Å²) in [7, 11) is 0. The number of pyridine rings is 1. The Morgan fingerprint density at radius 2 is 1.33 bits per heavy atom. The van der Waals surface area contributed by atoms with E-state index in [4.69, 9.17) is 14.4 Å². The molecule has 0 aliphatic carbocycles. The van der Waals surface area contributed by atoms with Gasteiger partial charge in [0.25, 0.3) is 0 Å². The van der Waals surface area contributed by atoms with Gasteiger partial charge >= 0.3 is 0 Å². The van der Waals surface area contributed by atoms with E-state index in [0.717, 1.165) is 50.1 Å². The van der Waals surface area contributed by atoms with E-state index in [1.54, 1.807) is 0 Å². The van der Waals surface area contributed by atoms with Crippen LogP contribution in [0.25, 0.3) is 61.2 Å². The van der Waals surface area contributed by atoms with Crippen LogP contribution in [0.3, 0.4) is 0 Å². The molecule has 214 valence electrons. The van der Waals surface area contributed by atoms with E-state index in [9.17, 15) is 0 Å². The zero-order chi connectivity index (χ0) is 29.8. The summed E-state index contributed by atoms with van der Waals surface area (Å²) in [5.41, 5.74) is 11.9. The fraction of sp³-hybridized carbons (Fsp3) is 0.231. The molecule has 3 heterocycles. The van der Waals surface area contributed by atoms with Gasteiger partial charge in [0.05, 0.1) is 28.5 Å². The molecule has 0 saturated carbocycles. The predicted octanol–water partition coefficient (Wildman–Crippen LogP) is 11.0. The average Bonchev–Trinajstić information content (AvgIpc) is 3.59. The lowest BCUT2D eigenvalue weighted by Gasteiger charge is -2.24. The van der Waals surface area contributed by atoms with Crippen molar-refractivity contribution in [2.75, 3.05) is 0 Å². The van der Waals surface area contributed by atoms with Crippen LogP contribution in [0.2, 0.25) is 0 Å². The van der Waals surface area contributed by atoms with Crippen LogP contribution in [0, 0.1) is 0 Å². The van der Waals surface area contributed by atoms with Gasteiger partial charge in [0, 0.05) is 16.5 Å². The average molecular weight is 564 g/mol. The number of hydrogen-bond donors (Lipinski definition) is 0. The molecule has 7 rings (SSSR count). The van der Waals surface area contributed by atoms with Crippen molar-refractivity contribution in [2.24, 2.45) is 0 Å². The highest BCUT2D eigenvalue weighted by Crippen LogP contribution is 2.42. The number of benzene rings is 4. The van der Waals surface area contributed by atoms with Gasteiger partial charge in [-0.2, -0.15) is 0 Å². The third-order valence-corrected chi connectivity index (χ3v) is 8.54. The van der Waals surface area contributed by atoms with Crippen LogP contribution in [-0.4, -0.2) is 14.5 Å². The summed E-state index contributed by atoms with van der Waals surface area (Å²) in [6.45, 7) is 13.5. The fourth-order valence-electron chi connectivity index (χ4n) is 6.25. The second-order valence-corrected chi connectivity index (χ2v) is 12.5. The number of hydrogen-bond acceptors (Lipinski definition) is 3. The highest BCUT2D eigenvalue weighted by Gasteiger charge is 2.26. The number of aromatic nitrogens is 3. The number of para-hydroxylation sites is 2. The molecule has 4 aromatic carbocycles. The number of imidazole rings is 1. The van der Waals surface area contributed by atoms with Crippen LogP contribution in [0.5, 0.6) is 0 Å². The van der Waals surface area contributed by atoms with E-state index in [0.29, 0.717) is 5.92 Å². The minimum Gasteiger partial charge on any atom is -0.455 e. The van der Waals surface area contributed by atoms with E-state index >= 15 is 0 Å². The second-order valence-electron chi connectivity index (χ2n) is 12.5. The number of rotatable bonds is 6. The van der Waals surface area contributed by atoms with E-state index in [-0.39, 0.29) is 11.8 Å². The molecule has 0 spiro atoms. The van der Waals surface area contributed by atoms with Gasteiger partial charge < -0.3 is 4.42 Å². The van der Waals surface area contributed by atoms with Crippen molar-refractivity contribution in [2.45, 2.75) is 59.3 Å². The largest absolute Gasteiger partial charge is 0.455 e. The van der Waals surface area contributed by atoms with Crippen molar-refractivity contribution in [3.05, 3.63) is 114 Å². The molecule has 0 amide bonds. The lowest BCUT2D eigenvalue weighted by molar-refractivity contribution is 0.669. The van der Waals surface area contributed by atoms with Gasteiger partial charge in [0.2, 0.25) is 0 Å². The Balaban J connectivity index is 1.61. The summed E-state index contributed by atoms with van der Waals surface area (Å²) in [6, 6.07) is 32.2. The Kier molecular flexibility index (Phi) is 6.65. The quantitative estimate of drug-likeness (QED) is 0.202. The van der Waals surface area contributed by atoms with E-state index in [1.165, 1.54) is 27.9 Å². The maximum atomic E-state index is 6.55. The zero-order valence-electron chi connectivity index (χ0n) is 25.7. The molecule has 0 bridgehead atoms. The molecule has 4 nitrogen and oxygen atoms in total. The second kappa shape index (κ2) is 10.5. The normalized spacial score (nSPS) is 12.1. The first-order chi connectivity index (χ1) is 20.8. The van der Waals surface area contributed by atoms with Crippen molar-refractivity contribution >= 4 is 33.0 Å². The van der Waals surface area contributed by atoms with Crippen LogP contribution in [-0.2, 0) is 0 Å². The fourth-order valence-corrected chi connectivity index (χ4v) is 6.25. The van der Waals surface area contributed by atoms with Crippen molar-refractivity contribution in [1.82, 2.24) is 14.5 Å². The zero-order valence-corrected chi connectivity index (χ0v) is 25.7. The molecular formula is C39H37N3O. The molecule has 0 aliphatic heterocycles. The van der Waals surface area contributed by atoms with Crippen LogP contribution >= 0.6 is 0 Å². The Bertz CT molecular complexity index is 2080. The summed E-state index contributed by atoms with van der Waals surface area (Å²) < 4.78 is 8.91. The highest BCUT2D eigenvalue weighted by atomic mass is 16.3. The van der Waals surface area contributed by atoms with E-state index in [1.807, 2.05) is 18.3 Å². The van der Waals surface area contributed by atoms with Gasteiger partial charge in [-0.3, -0.25) is 9.55 Å². The van der Waals surface area contributed by atoms with Crippen molar-refractivity contribution < 1.29 is 4.42 Å². The van der Waals surface area contributed by atoms with E-state index < -0.39 is 0 Å². The van der Waals surface area contributed by atoms with Crippen LogP contribution in [0.1, 0.15) is 76.1 Å². The lowest BCUT2D eigenvalue weighted by Crippen LogP contribution is -2.09. The van der Waals surface area contributed by atoms with Crippen LogP contribution in [0.4, 0.5) is 0 Å². The molecular weight excluding hydrogens is 526 g/mol. The van der Waals surface area contributed by atoms with Crippen LogP contribution in [0.15, 0.2) is 102 Å². The third-order valence-electron chi connectivity index (χ3n) is 8.54. The monoisotopic (exact) mass is 563 g/mol. The highest BCUT2D eigenvalue weighted by molar-refractivity contribution is 6.09. The number of nitrogens with zero attached hydrogens (tertiary/aromatic N) is 3. The standard InChI is InChI=1S/C39H37N3O/c1-23(2)31-19-27(26-13-8-7-9-14-26)20-32(24(3)4)37(31)42-35-22-40-33(25(5)6)21-34(35)41-39(42)30-17-12-16-29-28-15-10-11-18-36(28)43-38(29)30/h7-25H,1-6H3. The summed E-state index contributed by atoms with van der Waals surface area (Å²) in [5, 5.41) is 2.21. The summed E-state index contributed by atoms with van der Waals surface area (Å²) in [6.07, 6.45) is 2.01. The van der Waals surface area contributed by atoms with Gasteiger partial charge in [-0.1, -0.05) is 102 Å². The van der Waals surface area contributed by atoms with Gasteiger partial charge in [0.15, 0.2) is 0 Å². The van der Waals surface area contributed by atoms with Gasteiger partial charge in [-0.25, -0.2) is 4.98 Å². The molecule has 0 aliphatic rings. The molecule has 7 aromatic rings. The Hall–Kier alpha value is -4.70. The molecule has 43 heavy (non-hydrogen) atoms. The van der Waals surface area contributed by atoms with Gasteiger partial charge in [-0.05, 0) is 70.3 Å². The first-order valence-corrected chi connectivity index (χ1v) is 15.3.